The van der Waals surface area contributed by atoms with Gasteiger partial charge in [-0.25, -0.2) is 0 Å². The van der Waals surface area contributed by atoms with Crippen LogP contribution in [0.1, 0.15) is 300 Å². The number of nitriles is 7. The van der Waals surface area contributed by atoms with E-state index in [1.54, 1.807) is 28.4 Å². The first kappa shape index (κ1) is 99.3. The van der Waals surface area contributed by atoms with E-state index in [0.29, 0.717) is 61.4 Å². The first-order chi connectivity index (χ1) is 62.1. The number of benzene rings is 4. The molecule has 128 heavy (non-hydrogen) atoms. The number of aliphatic hydroxyl groups excluding tert-OH is 1. The van der Waals surface area contributed by atoms with E-state index >= 15 is 0 Å². The van der Waals surface area contributed by atoms with Gasteiger partial charge in [-0.15, -0.1) is 0 Å². The number of rotatable bonds is 39. The Morgan fingerprint density at radius 2 is 0.500 bits per heavy atom. The summed E-state index contributed by atoms with van der Waals surface area (Å²) in [7, 11) is 6.68. The number of hydrogen-bond donors (Lipinski definition) is 2. The number of hydrogen-bond acceptors (Lipinski definition) is 17. The van der Waals surface area contributed by atoms with Crippen molar-refractivity contribution in [2.24, 2.45) is 138 Å². The van der Waals surface area contributed by atoms with Gasteiger partial charge in [-0.2, -0.15) is 36.8 Å². The lowest BCUT2D eigenvalue weighted by atomic mass is 9.59. The van der Waals surface area contributed by atoms with E-state index in [2.05, 4.69) is 63.3 Å². The Labute approximate surface area is 770 Å². The van der Waals surface area contributed by atoms with Gasteiger partial charge < -0.3 is 48.7 Å². The molecular weight excluding hydrogens is 1590 g/mol. The highest BCUT2D eigenvalue weighted by molar-refractivity contribution is 5.30. The minimum absolute atomic E-state index is 0.0185. The molecular formula is C111H156N8O9. The van der Waals surface area contributed by atoms with Crippen molar-refractivity contribution < 1.29 is 43.0 Å². The third-order valence-corrected chi connectivity index (χ3v) is 31.7. The molecule has 0 unspecified atom stereocenters. The normalized spacial score (nSPS) is 31.8. The Morgan fingerprint density at radius 1 is 0.289 bits per heavy atom. The van der Waals surface area contributed by atoms with Crippen LogP contribution < -0.4 is 24.7 Å². The minimum atomic E-state index is -0.0332. The van der Waals surface area contributed by atoms with Gasteiger partial charge in [-0.1, -0.05) is 178 Å². The summed E-state index contributed by atoms with van der Waals surface area (Å²) < 4.78 is 43.6. The van der Waals surface area contributed by atoms with Gasteiger partial charge in [0.2, 0.25) is 0 Å². The van der Waals surface area contributed by atoms with Gasteiger partial charge in [0.05, 0.1) is 130 Å². The second-order valence-electron chi connectivity index (χ2n) is 43.5. The molecule has 4 aromatic rings. The van der Waals surface area contributed by atoms with E-state index in [0.717, 1.165) is 211 Å². The SMILES string of the molecule is CCC1CC(C#N)(CC2CC2)C1.CCC1CC(C#N)(CC2CC2)C1.CCC1CC(CN)(CC2CC2)C1.COc1ccc(COCC2CC(C#N)(CC3CC3)C2)cc1.COc1ccc(COCC2CC(C#N)(CC3CC3)C2)cc1.COc1ccc(COCC2CC(C#N)(CC3CC3)C2)cc1.COc1ccc(COCC2CC(C#N)C2)cc1.N#CC1(CC2CC2)CC(CO)C1. The zero-order valence-electron chi connectivity index (χ0n) is 79.3. The van der Waals surface area contributed by atoms with Crippen LogP contribution in [0.2, 0.25) is 0 Å². The van der Waals surface area contributed by atoms with Gasteiger partial charge in [-0.3, -0.25) is 0 Å². The maximum Gasteiger partial charge on any atom is 0.118 e. The third kappa shape index (κ3) is 30.9. The Bertz CT molecular complexity index is 3950. The predicted molar refractivity (Wildman–Crippen MR) is 501 cm³/mol. The minimum Gasteiger partial charge on any atom is -0.497 e. The van der Waals surface area contributed by atoms with Crippen LogP contribution in [0.3, 0.4) is 0 Å². The molecule has 15 aliphatic rings. The summed E-state index contributed by atoms with van der Waals surface area (Å²) >= 11 is 0. The summed E-state index contributed by atoms with van der Waals surface area (Å²) in [6.07, 6.45) is 49.1. The highest BCUT2D eigenvalue weighted by Crippen LogP contribution is 2.60. The van der Waals surface area contributed by atoms with Crippen molar-refractivity contribution in [1.29, 1.82) is 36.8 Å². The van der Waals surface area contributed by atoms with Crippen molar-refractivity contribution in [3.63, 3.8) is 0 Å². The third-order valence-electron chi connectivity index (χ3n) is 31.7. The van der Waals surface area contributed by atoms with Crippen LogP contribution in [0.5, 0.6) is 23.0 Å². The maximum atomic E-state index is 9.38. The largest absolute Gasteiger partial charge is 0.497 e. The topological polar surface area (TPSA) is 287 Å². The standard InChI is InChI=1S/3C18H23NO2.C14H17NO2.C11H21N.2C11H17N.C10H15NO/c3*1-20-17-6-4-15(5-7-17)11-21-12-16-9-18(10-16,13-19)8-14-2-3-14;1-16-14-4-2-11(3-5-14)9-17-10-13-6-12(7-13)8-15;3*1-2-9-5-11(6-9,8-12)7-10-3-4-10;11-7-10(3-8-1-2-8)4-9(5-10)6-12/h3*4-7,14,16H,2-3,8-12H2,1H3;2-5,12-13H,6-7,9-10H2,1H3;9-10H,2-8,12H2,1H3;2*9-10H,2-7H2,1H3;8-9,12H,1-6H2. The van der Waals surface area contributed by atoms with Gasteiger partial charge in [-0.05, 0) is 319 Å². The van der Waals surface area contributed by atoms with E-state index in [1.807, 2.05) is 97.1 Å². The Balaban J connectivity index is 0.000000134. The molecule has 0 radical (unpaired) electrons. The number of ether oxygens (including phenoxy) is 8. The van der Waals surface area contributed by atoms with Crippen LogP contribution in [-0.4, -0.2) is 73.1 Å². The molecule has 17 nitrogen and oxygen atoms in total. The summed E-state index contributed by atoms with van der Waals surface area (Å²) in [4.78, 5) is 0. The summed E-state index contributed by atoms with van der Waals surface area (Å²) in [5.41, 5.74) is 11.3. The van der Waals surface area contributed by atoms with Crippen LogP contribution >= 0.6 is 0 Å². The van der Waals surface area contributed by atoms with Gasteiger partial charge >= 0.3 is 0 Å². The zero-order valence-corrected chi connectivity index (χ0v) is 79.3. The number of methoxy groups -OCH3 is 4. The molecule has 0 bridgehead atoms. The summed E-state index contributed by atoms with van der Waals surface area (Å²) in [6, 6.07) is 49.4. The molecule has 0 aliphatic heterocycles. The van der Waals surface area contributed by atoms with Crippen LogP contribution in [0.15, 0.2) is 97.1 Å². The number of aliphatic hydroxyl groups is 1. The van der Waals surface area contributed by atoms with Crippen LogP contribution in [0.4, 0.5) is 0 Å². The van der Waals surface area contributed by atoms with E-state index in [9.17, 15) is 15.8 Å². The van der Waals surface area contributed by atoms with Crippen molar-refractivity contribution in [3.8, 4) is 65.5 Å². The fourth-order valence-electron chi connectivity index (χ4n) is 22.4. The second kappa shape index (κ2) is 47.6. The maximum absolute atomic E-state index is 9.38. The zero-order chi connectivity index (χ0) is 90.6. The average Bonchev–Trinajstić information content (AvgIpc) is 1.80. The van der Waals surface area contributed by atoms with Crippen molar-refractivity contribution in [3.05, 3.63) is 119 Å². The lowest BCUT2D eigenvalue weighted by Gasteiger charge is -2.47. The molecule has 15 saturated carbocycles. The first-order valence-electron chi connectivity index (χ1n) is 50.1. The molecule has 17 heteroatoms. The summed E-state index contributed by atoms with van der Waals surface area (Å²) in [6.45, 7) is 13.7. The monoisotopic (exact) mass is 1750 g/mol. The number of nitrogens with two attached hydrogens (primary N) is 1. The molecule has 0 aromatic heterocycles. The highest BCUT2D eigenvalue weighted by atomic mass is 16.5. The summed E-state index contributed by atoms with van der Waals surface area (Å²) in [5, 5.41) is 72.8. The molecule has 0 spiro atoms. The molecule has 0 amide bonds. The summed E-state index contributed by atoms with van der Waals surface area (Å²) in [5.74, 6) is 15.5. The Morgan fingerprint density at radius 3 is 0.695 bits per heavy atom. The molecule has 15 aliphatic carbocycles. The van der Waals surface area contributed by atoms with E-state index in [4.69, 9.17) is 69.8 Å². The predicted octanol–water partition coefficient (Wildman–Crippen LogP) is 25.0. The molecule has 4 aromatic carbocycles. The molecule has 0 heterocycles. The van der Waals surface area contributed by atoms with Gasteiger partial charge in [0.1, 0.15) is 23.0 Å². The van der Waals surface area contributed by atoms with Crippen molar-refractivity contribution in [1.82, 2.24) is 0 Å². The molecule has 0 saturated heterocycles. The molecule has 19 rings (SSSR count). The van der Waals surface area contributed by atoms with Gasteiger partial charge in [0, 0.05) is 39.0 Å². The quantitative estimate of drug-likeness (QED) is 0.0420. The molecule has 3 N–H and O–H groups in total. The van der Waals surface area contributed by atoms with E-state index < -0.39 is 0 Å². The Kier molecular flexibility index (Phi) is 36.9. The average molecular weight is 1750 g/mol. The van der Waals surface area contributed by atoms with E-state index in [-0.39, 0.29) is 45.0 Å². The van der Waals surface area contributed by atoms with Crippen LogP contribution in [0, 0.1) is 212 Å². The van der Waals surface area contributed by atoms with Crippen molar-refractivity contribution in [2.45, 2.75) is 304 Å². The van der Waals surface area contributed by atoms with Crippen LogP contribution in [0.25, 0.3) is 0 Å². The Hall–Kier alpha value is -7.73. The lowest BCUT2D eigenvalue weighted by molar-refractivity contribution is 0.00339. The first-order valence-corrected chi connectivity index (χ1v) is 50.1. The molecule has 0 atom stereocenters. The fourth-order valence-corrected chi connectivity index (χ4v) is 22.4. The van der Waals surface area contributed by atoms with Gasteiger partial charge in [0.25, 0.3) is 0 Å². The van der Waals surface area contributed by atoms with Gasteiger partial charge in [0.15, 0.2) is 0 Å². The molecule has 694 valence electrons. The smallest absolute Gasteiger partial charge is 0.118 e. The van der Waals surface area contributed by atoms with Crippen molar-refractivity contribution >= 4 is 0 Å². The molecule has 15 fully saturated rings. The van der Waals surface area contributed by atoms with Crippen LogP contribution in [-0.2, 0) is 45.4 Å². The highest BCUT2D eigenvalue weighted by Gasteiger charge is 2.53. The lowest BCUT2D eigenvalue weighted by Crippen LogP contribution is -2.43. The van der Waals surface area contributed by atoms with Crippen molar-refractivity contribution in [2.75, 3.05) is 68.0 Å². The second-order valence-corrected chi connectivity index (χ2v) is 43.5. The fraction of sp³-hybridized carbons (Fsp3) is 0.721. The number of nitrogens with zero attached hydrogens (tertiary/aromatic N) is 7. The van der Waals surface area contributed by atoms with E-state index in [1.165, 1.54) is 184 Å².